The fourth-order valence-corrected chi connectivity index (χ4v) is 3.34. The number of amides is 1. The number of carbonyl (C=O) groups is 1. The summed E-state index contributed by atoms with van der Waals surface area (Å²) in [6, 6.07) is 17.7. The highest BCUT2D eigenvalue weighted by Crippen LogP contribution is 2.18. The maximum atomic E-state index is 12.6. The maximum Gasteiger partial charge on any atom is 0.233 e. The number of hydrogen-bond donors (Lipinski definition) is 0. The van der Waals surface area contributed by atoms with Crippen molar-refractivity contribution in [3.05, 3.63) is 76.2 Å². The van der Waals surface area contributed by atoms with Crippen LogP contribution in [0.3, 0.4) is 0 Å². The fraction of sp³-hybridized carbons (Fsp3) is 0.238. The van der Waals surface area contributed by atoms with E-state index in [9.17, 15) is 4.79 Å². The zero-order chi connectivity index (χ0) is 18.4. The molecule has 1 aromatic heterocycles. The van der Waals surface area contributed by atoms with E-state index in [1.165, 1.54) is 16.9 Å². The molecule has 0 saturated heterocycles. The molecule has 0 N–H and O–H groups in total. The molecule has 3 rings (SSSR count). The van der Waals surface area contributed by atoms with Crippen molar-refractivity contribution in [3.63, 3.8) is 0 Å². The smallest absolute Gasteiger partial charge is 0.233 e. The maximum absolute atomic E-state index is 12.6. The molecule has 0 atom stereocenters. The van der Waals surface area contributed by atoms with Crippen molar-refractivity contribution in [1.82, 2.24) is 4.98 Å². The van der Waals surface area contributed by atoms with Gasteiger partial charge in [0.1, 0.15) is 17.4 Å². The average molecular weight is 366 g/mol. The predicted molar refractivity (Wildman–Crippen MR) is 106 cm³/mol. The molecule has 0 bridgehead atoms. The number of hydrogen-bond acceptors (Lipinski definition) is 4. The van der Waals surface area contributed by atoms with Crippen molar-refractivity contribution >= 4 is 22.9 Å². The van der Waals surface area contributed by atoms with Gasteiger partial charge in [0, 0.05) is 17.6 Å². The Bertz CT molecular complexity index is 844. The van der Waals surface area contributed by atoms with Crippen LogP contribution in [-0.2, 0) is 17.8 Å². The highest BCUT2D eigenvalue weighted by atomic mass is 32.1. The third kappa shape index (κ3) is 4.70. The molecule has 2 aromatic carbocycles. The second-order valence-corrected chi connectivity index (χ2v) is 6.93. The van der Waals surface area contributed by atoms with Crippen LogP contribution in [0.1, 0.15) is 23.2 Å². The lowest BCUT2D eigenvalue weighted by Crippen LogP contribution is -2.32. The number of carbonyl (C=O) groups excluding carboxylic acids is 1. The molecule has 3 aromatic rings. The molecule has 0 aliphatic heterocycles. The van der Waals surface area contributed by atoms with E-state index in [1.807, 2.05) is 73.8 Å². The summed E-state index contributed by atoms with van der Waals surface area (Å²) in [6.07, 6.45) is 0.295. The summed E-state index contributed by atoms with van der Waals surface area (Å²) < 4.78 is 5.76. The molecule has 0 saturated carbocycles. The van der Waals surface area contributed by atoms with Crippen LogP contribution in [0, 0.1) is 6.92 Å². The molecule has 26 heavy (non-hydrogen) atoms. The Balaban J connectivity index is 1.59. The first kappa shape index (κ1) is 18.1. The minimum absolute atomic E-state index is 0.0509. The Morgan fingerprint density at radius 2 is 1.85 bits per heavy atom. The number of aryl methyl sites for hydroxylation is 1. The molecule has 0 aliphatic carbocycles. The zero-order valence-corrected chi connectivity index (χ0v) is 15.8. The summed E-state index contributed by atoms with van der Waals surface area (Å²) in [5.41, 5.74) is 2.90. The van der Waals surface area contributed by atoms with Gasteiger partial charge in [-0.1, -0.05) is 35.9 Å². The van der Waals surface area contributed by atoms with Crippen molar-refractivity contribution in [2.24, 2.45) is 0 Å². The first-order chi connectivity index (χ1) is 12.7. The van der Waals surface area contributed by atoms with E-state index >= 15 is 0 Å². The van der Waals surface area contributed by atoms with Gasteiger partial charge in [-0.2, -0.15) is 0 Å². The zero-order valence-electron chi connectivity index (χ0n) is 15.0. The van der Waals surface area contributed by atoms with Crippen LogP contribution in [0.25, 0.3) is 0 Å². The Morgan fingerprint density at radius 1 is 1.12 bits per heavy atom. The first-order valence-corrected chi connectivity index (χ1v) is 9.52. The molecule has 5 heteroatoms. The van der Waals surface area contributed by atoms with Crippen molar-refractivity contribution in [2.45, 2.75) is 26.9 Å². The highest BCUT2D eigenvalue weighted by molar-refractivity contribution is 7.09. The Hall–Kier alpha value is -2.66. The highest BCUT2D eigenvalue weighted by Gasteiger charge is 2.16. The van der Waals surface area contributed by atoms with Crippen molar-refractivity contribution < 1.29 is 9.53 Å². The van der Waals surface area contributed by atoms with E-state index in [0.717, 1.165) is 22.1 Å². The fourth-order valence-electron chi connectivity index (χ4n) is 2.64. The van der Waals surface area contributed by atoms with Gasteiger partial charge in [0.2, 0.25) is 5.91 Å². The monoisotopic (exact) mass is 366 g/mol. The number of rotatable bonds is 7. The van der Waals surface area contributed by atoms with Gasteiger partial charge < -0.3 is 9.64 Å². The molecular formula is C21H22N2O2S. The number of aromatic nitrogens is 1. The molecule has 1 heterocycles. The normalized spacial score (nSPS) is 10.5. The lowest BCUT2D eigenvalue weighted by Gasteiger charge is -2.20. The molecule has 0 fully saturated rings. The van der Waals surface area contributed by atoms with E-state index in [4.69, 9.17) is 4.74 Å². The van der Waals surface area contributed by atoms with Crippen LogP contribution in [0.5, 0.6) is 5.75 Å². The quantitative estimate of drug-likeness (QED) is 0.612. The van der Waals surface area contributed by atoms with E-state index < -0.39 is 0 Å². The van der Waals surface area contributed by atoms with Gasteiger partial charge in [0.05, 0.1) is 12.1 Å². The number of benzene rings is 2. The third-order valence-corrected chi connectivity index (χ3v) is 4.87. The van der Waals surface area contributed by atoms with Crippen LogP contribution in [0.2, 0.25) is 0 Å². The van der Waals surface area contributed by atoms with Crippen molar-refractivity contribution in [1.29, 1.82) is 0 Å². The lowest BCUT2D eigenvalue weighted by atomic mass is 10.2. The van der Waals surface area contributed by atoms with E-state index in [-0.39, 0.29) is 5.91 Å². The third-order valence-electron chi connectivity index (χ3n) is 4.00. The second-order valence-electron chi connectivity index (χ2n) is 5.98. The number of anilines is 1. The van der Waals surface area contributed by atoms with Crippen LogP contribution >= 0.6 is 11.3 Å². The van der Waals surface area contributed by atoms with Crippen LogP contribution in [0.4, 0.5) is 5.69 Å². The van der Waals surface area contributed by atoms with E-state index in [1.54, 1.807) is 4.90 Å². The number of nitrogens with zero attached hydrogens (tertiary/aromatic N) is 2. The standard InChI is InChI=1S/C21H22N2O2S/c1-3-23(18-7-5-4-6-8-18)21(24)13-17-15-26-20(22-17)14-25-19-11-9-16(2)10-12-19/h4-12,15H,3,13-14H2,1-2H3. The van der Waals surface area contributed by atoms with Crippen LogP contribution < -0.4 is 9.64 Å². The molecule has 4 nitrogen and oxygen atoms in total. The Kier molecular flexibility index (Phi) is 6.02. The number of para-hydroxylation sites is 1. The SMILES string of the molecule is CCN(C(=O)Cc1csc(COc2ccc(C)cc2)n1)c1ccccc1. The van der Waals surface area contributed by atoms with Gasteiger partial charge in [-0.05, 0) is 38.1 Å². The van der Waals surface area contributed by atoms with E-state index in [2.05, 4.69) is 4.98 Å². The molecule has 134 valence electrons. The van der Waals surface area contributed by atoms with Crippen molar-refractivity contribution in [2.75, 3.05) is 11.4 Å². The summed E-state index contributed by atoms with van der Waals surface area (Å²) in [5.74, 6) is 0.875. The average Bonchev–Trinajstić information content (AvgIpc) is 3.10. The first-order valence-electron chi connectivity index (χ1n) is 8.64. The van der Waals surface area contributed by atoms with Crippen LogP contribution in [-0.4, -0.2) is 17.4 Å². The summed E-state index contributed by atoms with van der Waals surface area (Å²) in [4.78, 5) is 18.9. The van der Waals surface area contributed by atoms with E-state index in [0.29, 0.717) is 19.6 Å². The van der Waals surface area contributed by atoms with Gasteiger partial charge in [-0.15, -0.1) is 11.3 Å². The Labute approximate surface area is 158 Å². The summed E-state index contributed by atoms with van der Waals surface area (Å²) in [7, 11) is 0. The van der Waals surface area contributed by atoms with Gasteiger partial charge in [0.25, 0.3) is 0 Å². The van der Waals surface area contributed by atoms with Gasteiger partial charge >= 0.3 is 0 Å². The summed E-state index contributed by atoms with van der Waals surface area (Å²) in [6.45, 7) is 5.07. The Morgan fingerprint density at radius 3 is 2.54 bits per heavy atom. The number of ether oxygens (including phenoxy) is 1. The lowest BCUT2D eigenvalue weighted by molar-refractivity contribution is -0.118. The van der Waals surface area contributed by atoms with Gasteiger partial charge in [-0.25, -0.2) is 4.98 Å². The minimum atomic E-state index is 0.0509. The summed E-state index contributed by atoms with van der Waals surface area (Å²) >= 11 is 1.52. The topological polar surface area (TPSA) is 42.4 Å². The molecule has 0 spiro atoms. The molecule has 0 radical (unpaired) electrons. The molecule has 1 amide bonds. The van der Waals surface area contributed by atoms with Gasteiger partial charge in [-0.3, -0.25) is 4.79 Å². The molecular weight excluding hydrogens is 344 g/mol. The van der Waals surface area contributed by atoms with Crippen LogP contribution in [0.15, 0.2) is 60.0 Å². The van der Waals surface area contributed by atoms with Gasteiger partial charge in [0.15, 0.2) is 0 Å². The predicted octanol–water partition coefficient (Wildman–Crippen LogP) is 4.63. The second kappa shape index (κ2) is 8.63. The van der Waals surface area contributed by atoms with Crippen molar-refractivity contribution in [3.8, 4) is 5.75 Å². The molecule has 0 unspecified atom stereocenters. The summed E-state index contributed by atoms with van der Waals surface area (Å²) in [5, 5.41) is 2.81. The molecule has 0 aliphatic rings. The number of likely N-dealkylation sites (N-methyl/N-ethyl adjacent to an activating group) is 1. The minimum Gasteiger partial charge on any atom is -0.486 e. The number of thiazole rings is 1. The largest absolute Gasteiger partial charge is 0.486 e.